The lowest BCUT2D eigenvalue weighted by Gasteiger charge is -2.31. The van der Waals surface area contributed by atoms with Crippen molar-refractivity contribution in [2.75, 3.05) is 32.6 Å². The Bertz CT molecular complexity index is 920. The van der Waals surface area contributed by atoms with Crippen molar-refractivity contribution < 1.29 is 4.74 Å². The summed E-state index contributed by atoms with van der Waals surface area (Å²) in [6, 6.07) is 10.7. The number of aromatic nitrogens is 4. The maximum atomic E-state index is 5.12. The number of likely N-dealkylation sites (tertiary alicyclic amines) is 1. The molecule has 7 heteroatoms. The Morgan fingerprint density at radius 1 is 1.18 bits per heavy atom. The summed E-state index contributed by atoms with van der Waals surface area (Å²) in [6.07, 6.45) is 4.11. The van der Waals surface area contributed by atoms with Crippen molar-refractivity contribution in [3.05, 3.63) is 47.9 Å². The Morgan fingerprint density at radius 3 is 2.86 bits per heavy atom. The summed E-state index contributed by atoms with van der Waals surface area (Å²) in [6.45, 7) is 3.91. The van der Waals surface area contributed by atoms with E-state index < -0.39 is 0 Å². The Kier molecular flexibility index (Phi) is 6.24. The van der Waals surface area contributed by atoms with Gasteiger partial charge in [-0.25, -0.2) is 0 Å². The zero-order valence-electron chi connectivity index (χ0n) is 16.5. The predicted octanol–water partition coefficient (Wildman–Crippen LogP) is 3.48. The lowest BCUT2D eigenvalue weighted by atomic mass is 9.95. The first-order chi connectivity index (χ1) is 13.7. The Balaban J connectivity index is 1.34. The maximum Gasteiger partial charge on any atom is 0.191 e. The molecule has 148 valence electrons. The zero-order valence-corrected chi connectivity index (χ0v) is 17.4. The highest BCUT2D eigenvalue weighted by Gasteiger charge is 2.25. The molecule has 0 radical (unpaired) electrons. The number of ether oxygens (including phenoxy) is 1. The van der Waals surface area contributed by atoms with Crippen LogP contribution >= 0.6 is 11.8 Å². The van der Waals surface area contributed by atoms with Gasteiger partial charge in [-0.05, 0) is 49.7 Å². The Labute approximate surface area is 170 Å². The first-order valence-corrected chi connectivity index (χ1v) is 10.8. The SMILES string of the molecule is COCCSc1nnc(C2CCN(Cc3ccc4ncccc4c3)CC2)n1C. The first kappa shape index (κ1) is 19.4. The van der Waals surface area contributed by atoms with E-state index in [-0.39, 0.29) is 0 Å². The smallest absolute Gasteiger partial charge is 0.191 e. The van der Waals surface area contributed by atoms with Gasteiger partial charge in [0.05, 0.1) is 12.1 Å². The number of hydrogen-bond acceptors (Lipinski definition) is 6. The summed E-state index contributed by atoms with van der Waals surface area (Å²) in [7, 11) is 3.81. The third-order valence-electron chi connectivity index (χ3n) is 5.41. The molecule has 3 aromatic rings. The lowest BCUT2D eigenvalue weighted by molar-refractivity contribution is 0.200. The van der Waals surface area contributed by atoms with Crippen molar-refractivity contribution in [3.8, 4) is 0 Å². The minimum atomic E-state index is 0.492. The molecule has 0 unspecified atom stereocenters. The molecule has 0 bridgehead atoms. The van der Waals surface area contributed by atoms with Gasteiger partial charge in [0.1, 0.15) is 5.82 Å². The van der Waals surface area contributed by atoms with Crippen molar-refractivity contribution >= 4 is 22.7 Å². The normalized spacial score (nSPS) is 16.1. The number of rotatable bonds is 7. The first-order valence-electron chi connectivity index (χ1n) is 9.81. The third kappa shape index (κ3) is 4.37. The van der Waals surface area contributed by atoms with Crippen LogP contribution in [0.3, 0.4) is 0 Å². The van der Waals surface area contributed by atoms with Gasteiger partial charge in [-0.1, -0.05) is 23.9 Å². The van der Waals surface area contributed by atoms with Gasteiger partial charge in [-0.3, -0.25) is 9.88 Å². The minimum absolute atomic E-state index is 0.492. The van der Waals surface area contributed by atoms with Gasteiger partial charge >= 0.3 is 0 Å². The summed E-state index contributed by atoms with van der Waals surface area (Å²) >= 11 is 1.71. The van der Waals surface area contributed by atoms with Gasteiger partial charge in [-0.2, -0.15) is 0 Å². The lowest BCUT2D eigenvalue weighted by Crippen LogP contribution is -2.33. The molecule has 1 saturated heterocycles. The molecule has 1 aliphatic rings. The number of benzene rings is 1. The van der Waals surface area contributed by atoms with Crippen LogP contribution in [0.2, 0.25) is 0 Å². The monoisotopic (exact) mass is 397 g/mol. The average Bonchev–Trinajstić information content (AvgIpc) is 3.09. The van der Waals surface area contributed by atoms with E-state index in [9.17, 15) is 0 Å². The number of thioether (sulfide) groups is 1. The molecule has 1 aliphatic heterocycles. The largest absolute Gasteiger partial charge is 0.384 e. The fourth-order valence-electron chi connectivity index (χ4n) is 3.85. The molecule has 0 amide bonds. The highest BCUT2D eigenvalue weighted by molar-refractivity contribution is 7.99. The Morgan fingerprint density at radius 2 is 2.04 bits per heavy atom. The predicted molar refractivity (Wildman–Crippen MR) is 113 cm³/mol. The number of fused-ring (bicyclic) bond motifs is 1. The summed E-state index contributed by atoms with van der Waals surface area (Å²) in [5.41, 5.74) is 2.42. The van der Waals surface area contributed by atoms with Gasteiger partial charge in [0.2, 0.25) is 0 Å². The van der Waals surface area contributed by atoms with Crippen molar-refractivity contribution in [1.82, 2.24) is 24.6 Å². The number of piperidine rings is 1. The van der Waals surface area contributed by atoms with E-state index in [4.69, 9.17) is 4.74 Å². The van der Waals surface area contributed by atoms with Crippen molar-refractivity contribution in [3.63, 3.8) is 0 Å². The molecule has 6 nitrogen and oxygen atoms in total. The number of pyridine rings is 1. The molecule has 1 aromatic carbocycles. The fraction of sp³-hybridized carbons (Fsp3) is 0.476. The third-order valence-corrected chi connectivity index (χ3v) is 6.40. The van der Waals surface area contributed by atoms with Crippen LogP contribution in [0.25, 0.3) is 10.9 Å². The van der Waals surface area contributed by atoms with Gasteiger partial charge in [0.25, 0.3) is 0 Å². The summed E-state index contributed by atoms with van der Waals surface area (Å²) in [5.74, 6) is 2.52. The average molecular weight is 398 g/mol. The number of hydrogen-bond donors (Lipinski definition) is 0. The van der Waals surface area contributed by atoms with Gasteiger partial charge in [0.15, 0.2) is 5.16 Å². The Hall–Kier alpha value is -1.96. The molecule has 0 aliphatic carbocycles. The molecule has 4 rings (SSSR count). The van der Waals surface area contributed by atoms with Crippen LogP contribution in [0.1, 0.15) is 30.1 Å². The van der Waals surface area contributed by atoms with Crippen LogP contribution in [0.15, 0.2) is 41.7 Å². The summed E-state index contributed by atoms with van der Waals surface area (Å²) in [5, 5.41) is 11.1. The van der Waals surface area contributed by atoms with Crippen LogP contribution < -0.4 is 0 Å². The molecule has 1 fully saturated rings. The molecule has 0 saturated carbocycles. The molecule has 0 N–H and O–H groups in total. The fourth-order valence-corrected chi connectivity index (χ4v) is 4.67. The molecule has 0 atom stereocenters. The zero-order chi connectivity index (χ0) is 19.3. The second-order valence-electron chi connectivity index (χ2n) is 7.32. The van der Waals surface area contributed by atoms with E-state index in [0.717, 1.165) is 61.3 Å². The van der Waals surface area contributed by atoms with Gasteiger partial charge < -0.3 is 9.30 Å². The summed E-state index contributed by atoms with van der Waals surface area (Å²) < 4.78 is 7.29. The van der Waals surface area contributed by atoms with E-state index in [1.165, 1.54) is 10.9 Å². The van der Waals surface area contributed by atoms with Gasteiger partial charge in [-0.15, -0.1) is 10.2 Å². The molecule has 28 heavy (non-hydrogen) atoms. The second kappa shape index (κ2) is 9.03. The minimum Gasteiger partial charge on any atom is -0.384 e. The van der Waals surface area contributed by atoms with Crippen LogP contribution in [0.4, 0.5) is 0 Å². The van der Waals surface area contributed by atoms with Crippen molar-refractivity contribution in [1.29, 1.82) is 0 Å². The standard InChI is InChI=1S/C21H27N5OS/c1-25-20(23-24-21(25)28-13-12-27-2)17-7-10-26(11-8-17)15-16-5-6-19-18(14-16)4-3-9-22-19/h3-6,9,14,17H,7-8,10-13,15H2,1-2H3. The van der Waals surface area contributed by atoms with Crippen LogP contribution in [0, 0.1) is 0 Å². The van der Waals surface area contributed by atoms with E-state index in [0.29, 0.717) is 5.92 Å². The summed E-state index contributed by atoms with van der Waals surface area (Å²) in [4.78, 5) is 6.95. The quantitative estimate of drug-likeness (QED) is 0.449. The maximum absolute atomic E-state index is 5.12. The van der Waals surface area contributed by atoms with E-state index in [1.807, 2.05) is 12.3 Å². The van der Waals surface area contributed by atoms with E-state index in [2.05, 4.69) is 56.0 Å². The van der Waals surface area contributed by atoms with Crippen molar-refractivity contribution in [2.45, 2.75) is 30.5 Å². The number of methoxy groups -OCH3 is 1. The van der Waals surface area contributed by atoms with Crippen molar-refractivity contribution in [2.24, 2.45) is 7.05 Å². The van der Waals surface area contributed by atoms with Crippen LogP contribution in [-0.4, -0.2) is 57.2 Å². The second-order valence-corrected chi connectivity index (χ2v) is 8.38. The highest BCUT2D eigenvalue weighted by atomic mass is 32.2. The molecular weight excluding hydrogens is 370 g/mol. The molecular formula is C21H27N5OS. The topological polar surface area (TPSA) is 56.1 Å². The van der Waals surface area contributed by atoms with Crippen LogP contribution in [-0.2, 0) is 18.3 Å². The highest BCUT2D eigenvalue weighted by Crippen LogP contribution is 2.29. The van der Waals surface area contributed by atoms with Gasteiger partial charge in [0, 0.05) is 44.0 Å². The number of nitrogens with zero attached hydrogens (tertiary/aromatic N) is 5. The van der Waals surface area contributed by atoms with E-state index >= 15 is 0 Å². The van der Waals surface area contributed by atoms with E-state index in [1.54, 1.807) is 18.9 Å². The molecule has 3 heterocycles. The molecule has 0 spiro atoms. The van der Waals surface area contributed by atoms with Crippen LogP contribution in [0.5, 0.6) is 0 Å². The molecule has 2 aromatic heterocycles.